The molecular weight excluding hydrogens is 233 g/mol. The van der Waals surface area contributed by atoms with Crippen molar-refractivity contribution < 1.29 is 13.9 Å². The Balaban J connectivity index is 2.46. The molecule has 0 heterocycles. The van der Waals surface area contributed by atoms with E-state index in [9.17, 15) is 4.39 Å². The van der Waals surface area contributed by atoms with Crippen LogP contribution in [0.4, 0.5) is 4.39 Å². The maximum absolute atomic E-state index is 12.9. The van der Waals surface area contributed by atoms with E-state index in [1.54, 1.807) is 12.1 Å². The predicted octanol–water partition coefficient (Wildman–Crippen LogP) is 2.53. The van der Waals surface area contributed by atoms with Crippen molar-refractivity contribution in [2.75, 3.05) is 26.8 Å². The number of nitrogens with one attached hydrogen (secondary N) is 1. The largest absolute Gasteiger partial charge is 0.376 e. The van der Waals surface area contributed by atoms with Crippen molar-refractivity contribution >= 4 is 0 Å². The fraction of sp³-hybridized carbons (Fsp3) is 0.571. The van der Waals surface area contributed by atoms with Crippen molar-refractivity contribution in [1.82, 2.24) is 5.32 Å². The van der Waals surface area contributed by atoms with E-state index in [1.165, 1.54) is 12.1 Å². The van der Waals surface area contributed by atoms with Gasteiger partial charge in [-0.1, -0.05) is 12.1 Å². The fourth-order valence-electron chi connectivity index (χ4n) is 1.61. The van der Waals surface area contributed by atoms with Crippen LogP contribution in [0.1, 0.15) is 25.5 Å². The minimum atomic E-state index is -0.231. The zero-order valence-corrected chi connectivity index (χ0v) is 11.3. The Morgan fingerprint density at radius 2 is 1.72 bits per heavy atom. The highest BCUT2D eigenvalue weighted by atomic mass is 19.1. The first kappa shape index (κ1) is 15.1. The molecule has 18 heavy (non-hydrogen) atoms. The SMILES string of the molecule is CNCC(OCCOC(C)C)c1ccc(F)cc1. The highest BCUT2D eigenvalue weighted by molar-refractivity contribution is 5.19. The molecule has 1 N–H and O–H groups in total. The zero-order valence-electron chi connectivity index (χ0n) is 11.3. The van der Waals surface area contributed by atoms with E-state index in [0.29, 0.717) is 19.8 Å². The van der Waals surface area contributed by atoms with Gasteiger partial charge in [0.25, 0.3) is 0 Å². The molecule has 0 amide bonds. The predicted molar refractivity (Wildman–Crippen MR) is 70.1 cm³/mol. The van der Waals surface area contributed by atoms with Gasteiger partial charge in [0.15, 0.2) is 0 Å². The van der Waals surface area contributed by atoms with Crippen LogP contribution in [-0.2, 0) is 9.47 Å². The first-order valence-electron chi connectivity index (χ1n) is 6.26. The summed E-state index contributed by atoms with van der Waals surface area (Å²) in [4.78, 5) is 0. The Morgan fingerprint density at radius 3 is 2.28 bits per heavy atom. The molecule has 1 rings (SSSR count). The van der Waals surface area contributed by atoms with E-state index in [4.69, 9.17) is 9.47 Å². The van der Waals surface area contributed by atoms with E-state index >= 15 is 0 Å². The van der Waals surface area contributed by atoms with Gasteiger partial charge in [0.1, 0.15) is 5.82 Å². The van der Waals surface area contributed by atoms with Gasteiger partial charge in [-0.05, 0) is 38.6 Å². The third-order valence-corrected chi connectivity index (χ3v) is 2.48. The molecule has 0 aliphatic heterocycles. The quantitative estimate of drug-likeness (QED) is 0.724. The van der Waals surface area contributed by atoms with E-state index in [-0.39, 0.29) is 18.0 Å². The smallest absolute Gasteiger partial charge is 0.123 e. The molecule has 0 saturated heterocycles. The fourth-order valence-corrected chi connectivity index (χ4v) is 1.61. The second-order valence-electron chi connectivity index (χ2n) is 4.39. The average molecular weight is 255 g/mol. The molecular formula is C14H22FNO2. The molecule has 1 aromatic carbocycles. The minimum Gasteiger partial charge on any atom is -0.376 e. The van der Waals surface area contributed by atoms with Crippen LogP contribution in [0.2, 0.25) is 0 Å². The van der Waals surface area contributed by atoms with Crippen molar-refractivity contribution in [1.29, 1.82) is 0 Å². The van der Waals surface area contributed by atoms with Crippen LogP contribution in [-0.4, -0.2) is 32.9 Å². The van der Waals surface area contributed by atoms with E-state index in [0.717, 1.165) is 5.56 Å². The van der Waals surface area contributed by atoms with Crippen LogP contribution in [0.3, 0.4) is 0 Å². The standard InChI is InChI=1S/C14H22FNO2/c1-11(2)17-8-9-18-14(10-16-3)12-4-6-13(15)7-5-12/h4-7,11,14,16H,8-10H2,1-3H3. The Morgan fingerprint density at radius 1 is 1.11 bits per heavy atom. The molecule has 0 aromatic heterocycles. The van der Waals surface area contributed by atoms with Crippen molar-refractivity contribution in [2.24, 2.45) is 0 Å². The second kappa shape index (κ2) is 8.19. The number of hydrogen-bond donors (Lipinski definition) is 1. The van der Waals surface area contributed by atoms with E-state index < -0.39 is 0 Å². The number of ether oxygens (including phenoxy) is 2. The summed E-state index contributed by atoms with van der Waals surface area (Å²) in [5, 5.41) is 3.07. The van der Waals surface area contributed by atoms with Crippen LogP contribution in [0.25, 0.3) is 0 Å². The molecule has 3 nitrogen and oxygen atoms in total. The lowest BCUT2D eigenvalue weighted by molar-refractivity contribution is -0.0125. The van der Waals surface area contributed by atoms with Gasteiger partial charge in [-0.25, -0.2) is 4.39 Å². The van der Waals surface area contributed by atoms with Gasteiger partial charge in [0.05, 0.1) is 25.4 Å². The lowest BCUT2D eigenvalue weighted by Crippen LogP contribution is -2.21. The normalized spacial score (nSPS) is 12.9. The number of rotatable bonds is 8. The summed E-state index contributed by atoms with van der Waals surface area (Å²) in [7, 11) is 1.87. The molecule has 1 atom stereocenters. The molecule has 1 unspecified atom stereocenters. The van der Waals surface area contributed by atoms with Crippen LogP contribution < -0.4 is 5.32 Å². The second-order valence-corrected chi connectivity index (χ2v) is 4.39. The molecule has 0 bridgehead atoms. The molecule has 0 aliphatic rings. The van der Waals surface area contributed by atoms with Gasteiger partial charge < -0.3 is 14.8 Å². The molecule has 0 radical (unpaired) electrons. The average Bonchev–Trinajstić information content (AvgIpc) is 2.34. The monoisotopic (exact) mass is 255 g/mol. The molecule has 102 valence electrons. The number of hydrogen-bond acceptors (Lipinski definition) is 3. The summed E-state index contributed by atoms with van der Waals surface area (Å²) in [6, 6.07) is 6.40. The summed E-state index contributed by atoms with van der Waals surface area (Å²) < 4.78 is 24.0. The molecule has 0 aliphatic carbocycles. The first-order valence-corrected chi connectivity index (χ1v) is 6.26. The first-order chi connectivity index (χ1) is 8.63. The summed E-state index contributed by atoms with van der Waals surface area (Å²) in [5.74, 6) is -0.231. The maximum Gasteiger partial charge on any atom is 0.123 e. The van der Waals surface area contributed by atoms with Gasteiger partial charge in [-0.15, -0.1) is 0 Å². The summed E-state index contributed by atoms with van der Waals surface area (Å²) in [6.45, 7) is 5.77. The van der Waals surface area contributed by atoms with Crippen molar-refractivity contribution in [3.63, 3.8) is 0 Å². The number of likely N-dealkylation sites (N-methyl/N-ethyl adjacent to an activating group) is 1. The van der Waals surface area contributed by atoms with Gasteiger partial charge in [0, 0.05) is 6.54 Å². The van der Waals surface area contributed by atoms with Crippen LogP contribution in [0.15, 0.2) is 24.3 Å². The van der Waals surface area contributed by atoms with Crippen molar-refractivity contribution in [3.8, 4) is 0 Å². The Bertz CT molecular complexity index is 327. The van der Waals surface area contributed by atoms with Gasteiger partial charge in [0.2, 0.25) is 0 Å². The van der Waals surface area contributed by atoms with Crippen LogP contribution in [0.5, 0.6) is 0 Å². The van der Waals surface area contributed by atoms with Crippen molar-refractivity contribution in [2.45, 2.75) is 26.1 Å². The summed E-state index contributed by atoms with van der Waals surface area (Å²) in [6.07, 6.45) is 0.133. The van der Waals surface area contributed by atoms with Crippen LogP contribution in [0, 0.1) is 5.82 Å². The third-order valence-electron chi connectivity index (χ3n) is 2.48. The zero-order chi connectivity index (χ0) is 13.4. The maximum atomic E-state index is 12.9. The van der Waals surface area contributed by atoms with Crippen LogP contribution >= 0.6 is 0 Å². The van der Waals surface area contributed by atoms with Crippen molar-refractivity contribution in [3.05, 3.63) is 35.6 Å². The number of halogens is 1. The van der Waals surface area contributed by atoms with Gasteiger partial charge in [-0.2, -0.15) is 0 Å². The highest BCUT2D eigenvalue weighted by Gasteiger charge is 2.11. The molecule has 1 aromatic rings. The summed E-state index contributed by atoms with van der Waals surface area (Å²) in [5.41, 5.74) is 0.968. The lowest BCUT2D eigenvalue weighted by Gasteiger charge is -2.18. The van der Waals surface area contributed by atoms with E-state index in [2.05, 4.69) is 5.32 Å². The summed E-state index contributed by atoms with van der Waals surface area (Å²) >= 11 is 0. The minimum absolute atomic E-state index is 0.0774. The lowest BCUT2D eigenvalue weighted by atomic mass is 10.1. The van der Waals surface area contributed by atoms with E-state index in [1.807, 2.05) is 20.9 Å². The molecule has 0 fully saturated rings. The molecule has 4 heteroatoms. The molecule has 0 spiro atoms. The highest BCUT2D eigenvalue weighted by Crippen LogP contribution is 2.17. The Labute approximate surface area is 108 Å². The third kappa shape index (κ3) is 5.58. The van der Waals surface area contributed by atoms with Gasteiger partial charge in [-0.3, -0.25) is 0 Å². The molecule has 0 saturated carbocycles. The van der Waals surface area contributed by atoms with Gasteiger partial charge >= 0.3 is 0 Å². The Hall–Kier alpha value is -0.970. The topological polar surface area (TPSA) is 30.5 Å². The Kier molecular flexibility index (Phi) is 6.86. The number of benzene rings is 1.